The van der Waals surface area contributed by atoms with Crippen molar-refractivity contribution in [2.45, 2.75) is 32.7 Å². The summed E-state index contributed by atoms with van der Waals surface area (Å²) in [6, 6.07) is 15.7. The third-order valence-corrected chi connectivity index (χ3v) is 5.70. The summed E-state index contributed by atoms with van der Waals surface area (Å²) in [6.07, 6.45) is 5.40. The molecular formula is C26H30N4O3. The molecule has 0 aliphatic carbocycles. The van der Waals surface area contributed by atoms with Crippen molar-refractivity contribution in [1.29, 1.82) is 0 Å². The van der Waals surface area contributed by atoms with Crippen LogP contribution < -0.4 is 10.1 Å². The molecule has 1 aliphatic rings. The average molecular weight is 447 g/mol. The van der Waals surface area contributed by atoms with Gasteiger partial charge in [0.1, 0.15) is 17.1 Å². The summed E-state index contributed by atoms with van der Waals surface area (Å²) in [7, 11) is 1.62. The van der Waals surface area contributed by atoms with E-state index in [9.17, 15) is 4.79 Å². The molecule has 3 aromatic rings. The van der Waals surface area contributed by atoms with E-state index in [2.05, 4.69) is 32.3 Å². The SMILES string of the molecule is CCOC(=O)c1cnc(-c2ccc(OC)cc2)nc1Nc1ccc(CN2CCCCC2)cc1. The Labute approximate surface area is 194 Å². The fourth-order valence-corrected chi connectivity index (χ4v) is 3.92. The van der Waals surface area contributed by atoms with Crippen LogP contribution in [0.2, 0.25) is 0 Å². The number of esters is 1. The van der Waals surface area contributed by atoms with Gasteiger partial charge < -0.3 is 14.8 Å². The Morgan fingerprint density at radius 2 is 1.76 bits per heavy atom. The molecule has 4 rings (SSSR count). The number of likely N-dealkylation sites (tertiary alicyclic amines) is 1. The zero-order valence-electron chi connectivity index (χ0n) is 19.2. The average Bonchev–Trinajstić information content (AvgIpc) is 2.86. The van der Waals surface area contributed by atoms with Crippen molar-refractivity contribution in [1.82, 2.24) is 14.9 Å². The molecule has 0 radical (unpaired) electrons. The minimum Gasteiger partial charge on any atom is -0.497 e. The highest BCUT2D eigenvalue weighted by Gasteiger charge is 2.17. The molecule has 0 atom stereocenters. The minimum absolute atomic E-state index is 0.281. The lowest BCUT2D eigenvalue weighted by molar-refractivity contribution is 0.0526. The van der Waals surface area contributed by atoms with Crippen molar-refractivity contribution in [2.24, 2.45) is 0 Å². The number of methoxy groups -OCH3 is 1. The molecule has 1 fully saturated rings. The van der Waals surface area contributed by atoms with Gasteiger partial charge in [-0.05, 0) is 74.8 Å². The van der Waals surface area contributed by atoms with E-state index in [0.29, 0.717) is 17.2 Å². The van der Waals surface area contributed by atoms with Crippen LogP contribution in [0.15, 0.2) is 54.7 Å². The number of hydrogen-bond donors (Lipinski definition) is 1. The number of anilines is 2. The molecule has 0 unspecified atom stereocenters. The van der Waals surface area contributed by atoms with Crippen LogP contribution >= 0.6 is 0 Å². The van der Waals surface area contributed by atoms with E-state index in [1.807, 2.05) is 36.4 Å². The highest BCUT2D eigenvalue weighted by molar-refractivity contribution is 5.95. The molecule has 2 aromatic carbocycles. The second-order valence-corrected chi connectivity index (χ2v) is 8.06. The van der Waals surface area contributed by atoms with Gasteiger partial charge in [-0.15, -0.1) is 0 Å². The minimum atomic E-state index is -0.456. The van der Waals surface area contributed by atoms with E-state index in [0.717, 1.165) is 36.6 Å². The number of rotatable bonds is 8. The van der Waals surface area contributed by atoms with Crippen molar-refractivity contribution in [3.05, 3.63) is 65.9 Å². The molecule has 2 heterocycles. The highest BCUT2D eigenvalue weighted by Crippen LogP contribution is 2.25. The highest BCUT2D eigenvalue weighted by atomic mass is 16.5. The Hall–Kier alpha value is -3.45. The van der Waals surface area contributed by atoms with Crippen LogP contribution in [-0.4, -0.2) is 47.6 Å². The molecule has 0 spiro atoms. The molecule has 7 heteroatoms. The van der Waals surface area contributed by atoms with E-state index in [-0.39, 0.29) is 6.61 Å². The molecule has 1 N–H and O–H groups in total. The Morgan fingerprint density at radius 3 is 2.42 bits per heavy atom. The summed E-state index contributed by atoms with van der Waals surface area (Å²) in [5.74, 6) is 1.22. The van der Waals surface area contributed by atoms with E-state index < -0.39 is 5.97 Å². The first kappa shape index (κ1) is 22.7. The Balaban J connectivity index is 1.56. The molecule has 0 saturated carbocycles. The van der Waals surface area contributed by atoms with Gasteiger partial charge >= 0.3 is 5.97 Å². The molecule has 1 aromatic heterocycles. The first-order valence-corrected chi connectivity index (χ1v) is 11.4. The lowest BCUT2D eigenvalue weighted by atomic mass is 10.1. The van der Waals surface area contributed by atoms with Crippen LogP contribution in [0, 0.1) is 0 Å². The van der Waals surface area contributed by atoms with Gasteiger partial charge in [-0.25, -0.2) is 14.8 Å². The number of ether oxygens (including phenoxy) is 2. The van der Waals surface area contributed by atoms with Crippen LogP contribution in [0.3, 0.4) is 0 Å². The number of nitrogens with one attached hydrogen (secondary N) is 1. The van der Waals surface area contributed by atoms with Crippen LogP contribution in [0.5, 0.6) is 5.75 Å². The molecular weight excluding hydrogens is 416 g/mol. The predicted molar refractivity (Wildman–Crippen MR) is 129 cm³/mol. The van der Waals surface area contributed by atoms with Gasteiger partial charge in [-0.1, -0.05) is 18.6 Å². The summed E-state index contributed by atoms with van der Waals surface area (Å²) in [4.78, 5) is 24.0. The maximum absolute atomic E-state index is 12.5. The molecule has 0 amide bonds. The lowest BCUT2D eigenvalue weighted by Crippen LogP contribution is -2.29. The van der Waals surface area contributed by atoms with Gasteiger partial charge in [0.15, 0.2) is 5.82 Å². The molecule has 33 heavy (non-hydrogen) atoms. The number of hydrogen-bond acceptors (Lipinski definition) is 7. The number of benzene rings is 2. The number of piperidine rings is 1. The van der Waals surface area contributed by atoms with Crippen molar-refractivity contribution in [2.75, 3.05) is 32.1 Å². The molecule has 172 valence electrons. The maximum Gasteiger partial charge on any atom is 0.343 e. The number of carbonyl (C=O) groups excluding carboxylic acids is 1. The van der Waals surface area contributed by atoms with Gasteiger partial charge in [0.25, 0.3) is 0 Å². The van der Waals surface area contributed by atoms with E-state index in [1.165, 1.54) is 31.0 Å². The van der Waals surface area contributed by atoms with Crippen LogP contribution in [0.1, 0.15) is 42.1 Å². The normalized spacial score (nSPS) is 14.0. The summed E-state index contributed by atoms with van der Waals surface area (Å²) in [5.41, 5.74) is 3.25. The van der Waals surface area contributed by atoms with Crippen molar-refractivity contribution in [3.8, 4) is 17.1 Å². The van der Waals surface area contributed by atoms with Crippen molar-refractivity contribution in [3.63, 3.8) is 0 Å². The topological polar surface area (TPSA) is 76.6 Å². The number of nitrogens with zero attached hydrogens (tertiary/aromatic N) is 3. The lowest BCUT2D eigenvalue weighted by Gasteiger charge is -2.26. The smallest absolute Gasteiger partial charge is 0.343 e. The van der Waals surface area contributed by atoms with Crippen LogP contribution in [0.25, 0.3) is 11.4 Å². The quantitative estimate of drug-likeness (QED) is 0.485. The summed E-state index contributed by atoms with van der Waals surface area (Å²) < 4.78 is 10.4. The molecule has 0 bridgehead atoms. The molecule has 1 saturated heterocycles. The third kappa shape index (κ3) is 5.87. The standard InChI is InChI=1S/C26H30N4O3/c1-3-33-26(31)23-17-27-24(20-9-13-22(32-2)14-10-20)29-25(23)28-21-11-7-19(8-12-21)18-30-15-5-4-6-16-30/h7-14,17H,3-6,15-16,18H2,1-2H3,(H,27,28,29). The molecule has 7 nitrogen and oxygen atoms in total. The number of aromatic nitrogens is 2. The van der Waals surface area contributed by atoms with E-state index >= 15 is 0 Å². The fraction of sp³-hybridized carbons (Fsp3) is 0.346. The van der Waals surface area contributed by atoms with Gasteiger partial charge in [0.2, 0.25) is 0 Å². The zero-order valence-corrected chi connectivity index (χ0v) is 19.2. The second-order valence-electron chi connectivity index (χ2n) is 8.06. The third-order valence-electron chi connectivity index (χ3n) is 5.70. The summed E-state index contributed by atoms with van der Waals surface area (Å²) in [6.45, 7) is 5.35. The van der Waals surface area contributed by atoms with Gasteiger partial charge in [-0.2, -0.15) is 0 Å². The monoisotopic (exact) mass is 446 g/mol. The largest absolute Gasteiger partial charge is 0.497 e. The Kier molecular flexibility index (Phi) is 7.52. The fourth-order valence-electron chi connectivity index (χ4n) is 3.92. The van der Waals surface area contributed by atoms with Gasteiger partial charge in [0, 0.05) is 24.0 Å². The Morgan fingerprint density at radius 1 is 1.03 bits per heavy atom. The van der Waals surface area contributed by atoms with Gasteiger partial charge in [-0.3, -0.25) is 4.90 Å². The van der Waals surface area contributed by atoms with E-state index in [4.69, 9.17) is 9.47 Å². The first-order valence-electron chi connectivity index (χ1n) is 11.4. The number of carbonyl (C=O) groups is 1. The maximum atomic E-state index is 12.5. The van der Waals surface area contributed by atoms with Crippen molar-refractivity contribution < 1.29 is 14.3 Å². The Bertz CT molecular complexity index is 1060. The van der Waals surface area contributed by atoms with Crippen LogP contribution in [-0.2, 0) is 11.3 Å². The molecule has 1 aliphatic heterocycles. The second kappa shape index (κ2) is 10.9. The van der Waals surface area contributed by atoms with Gasteiger partial charge in [0.05, 0.1) is 13.7 Å². The first-order chi connectivity index (χ1) is 16.2. The summed E-state index contributed by atoms with van der Waals surface area (Å²) >= 11 is 0. The van der Waals surface area contributed by atoms with E-state index in [1.54, 1.807) is 14.0 Å². The zero-order chi connectivity index (χ0) is 23.0. The van der Waals surface area contributed by atoms with Crippen molar-refractivity contribution >= 4 is 17.5 Å². The predicted octanol–water partition coefficient (Wildman–Crippen LogP) is 5.06. The summed E-state index contributed by atoms with van der Waals surface area (Å²) in [5, 5.41) is 3.29. The van der Waals surface area contributed by atoms with Crippen LogP contribution in [0.4, 0.5) is 11.5 Å².